The second kappa shape index (κ2) is 7.62. The second-order valence-electron chi connectivity index (χ2n) is 4.38. The summed E-state index contributed by atoms with van der Waals surface area (Å²) in [6.07, 6.45) is 0.723. The standard InChI is InChI=1S/C12H18BrN3O2S/c1-8(14)5-6-15-11(17)7-16(2)12(18)9-3-4-10(13)19-9/h3-4,8H,5-7,14H2,1-2H3,(H,15,17). The summed E-state index contributed by atoms with van der Waals surface area (Å²) < 4.78 is 0.894. The third-order valence-electron chi connectivity index (χ3n) is 2.43. The molecule has 0 saturated carbocycles. The first-order valence-electron chi connectivity index (χ1n) is 5.93. The average Bonchev–Trinajstić information content (AvgIpc) is 2.74. The fraction of sp³-hybridized carbons (Fsp3) is 0.500. The fourth-order valence-electron chi connectivity index (χ4n) is 1.40. The minimum Gasteiger partial charge on any atom is -0.355 e. The SMILES string of the molecule is CC(N)CCNC(=O)CN(C)C(=O)c1ccc(Br)s1. The maximum atomic E-state index is 12.0. The van der Waals surface area contributed by atoms with Gasteiger partial charge in [0.1, 0.15) is 0 Å². The van der Waals surface area contributed by atoms with Crippen LogP contribution in [0.3, 0.4) is 0 Å². The fourth-order valence-corrected chi connectivity index (χ4v) is 2.78. The van der Waals surface area contributed by atoms with E-state index in [2.05, 4.69) is 21.2 Å². The number of nitrogens with two attached hydrogens (primary N) is 1. The van der Waals surface area contributed by atoms with Crippen molar-refractivity contribution in [2.75, 3.05) is 20.1 Å². The molecule has 0 aliphatic rings. The maximum Gasteiger partial charge on any atom is 0.264 e. The average molecular weight is 348 g/mol. The number of nitrogens with one attached hydrogen (secondary N) is 1. The number of thiophene rings is 1. The Morgan fingerprint density at radius 2 is 2.21 bits per heavy atom. The van der Waals surface area contributed by atoms with Crippen LogP contribution in [-0.2, 0) is 4.79 Å². The molecule has 1 rings (SSSR count). The Bertz CT molecular complexity index is 448. The van der Waals surface area contributed by atoms with Gasteiger partial charge in [0, 0.05) is 19.6 Å². The molecule has 1 atom stereocenters. The summed E-state index contributed by atoms with van der Waals surface area (Å²) in [5.41, 5.74) is 5.59. The number of amides is 2. The number of carbonyl (C=O) groups is 2. The van der Waals surface area contributed by atoms with Crippen LogP contribution in [0, 0.1) is 0 Å². The molecule has 0 aliphatic heterocycles. The van der Waals surface area contributed by atoms with Crippen LogP contribution >= 0.6 is 27.3 Å². The van der Waals surface area contributed by atoms with Crippen LogP contribution in [0.25, 0.3) is 0 Å². The normalized spacial score (nSPS) is 12.0. The summed E-state index contributed by atoms with van der Waals surface area (Å²) in [6, 6.07) is 3.61. The van der Waals surface area contributed by atoms with Crippen molar-refractivity contribution in [2.24, 2.45) is 5.73 Å². The van der Waals surface area contributed by atoms with Crippen molar-refractivity contribution >= 4 is 39.1 Å². The van der Waals surface area contributed by atoms with E-state index in [4.69, 9.17) is 5.73 Å². The van der Waals surface area contributed by atoms with E-state index in [9.17, 15) is 9.59 Å². The lowest BCUT2D eigenvalue weighted by Crippen LogP contribution is -2.39. The third-order valence-corrected chi connectivity index (χ3v) is 4.04. The zero-order valence-electron chi connectivity index (χ0n) is 11.0. The van der Waals surface area contributed by atoms with E-state index in [1.165, 1.54) is 16.2 Å². The van der Waals surface area contributed by atoms with Gasteiger partial charge in [-0.15, -0.1) is 11.3 Å². The van der Waals surface area contributed by atoms with Crippen molar-refractivity contribution in [1.29, 1.82) is 0 Å². The molecule has 0 fully saturated rings. The zero-order chi connectivity index (χ0) is 14.4. The molecule has 0 radical (unpaired) electrons. The highest BCUT2D eigenvalue weighted by molar-refractivity contribution is 9.11. The molecule has 3 N–H and O–H groups in total. The molecule has 106 valence electrons. The summed E-state index contributed by atoms with van der Waals surface area (Å²) in [5, 5.41) is 2.74. The maximum absolute atomic E-state index is 12.0. The molecule has 0 bridgehead atoms. The predicted molar refractivity (Wildman–Crippen MR) is 80.3 cm³/mol. The highest BCUT2D eigenvalue weighted by atomic mass is 79.9. The number of likely N-dealkylation sites (N-methyl/N-ethyl adjacent to an activating group) is 1. The minimum atomic E-state index is -0.174. The first-order chi connectivity index (χ1) is 8.90. The van der Waals surface area contributed by atoms with E-state index >= 15 is 0 Å². The molecule has 0 spiro atoms. The monoisotopic (exact) mass is 347 g/mol. The number of nitrogens with zero attached hydrogens (tertiary/aromatic N) is 1. The van der Waals surface area contributed by atoms with Gasteiger partial charge < -0.3 is 16.0 Å². The van der Waals surface area contributed by atoms with Gasteiger partial charge in [-0.25, -0.2) is 0 Å². The summed E-state index contributed by atoms with van der Waals surface area (Å²) in [5.74, 6) is -0.329. The summed E-state index contributed by atoms with van der Waals surface area (Å²) in [6.45, 7) is 2.47. The largest absolute Gasteiger partial charge is 0.355 e. The minimum absolute atomic E-state index is 0.0489. The molecule has 1 heterocycles. The van der Waals surface area contributed by atoms with E-state index in [-0.39, 0.29) is 24.4 Å². The predicted octanol–water partition coefficient (Wildman–Crippen LogP) is 1.44. The molecular formula is C12H18BrN3O2S. The summed E-state index contributed by atoms with van der Waals surface area (Å²) >= 11 is 4.66. The topological polar surface area (TPSA) is 75.4 Å². The third kappa shape index (κ3) is 5.71. The van der Waals surface area contributed by atoms with Gasteiger partial charge in [-0.3, -0.25) is 9.59 Å². The van der Waals surface area contributed by atoms with E-state index in [0.717, 1.165) is 10.2 Å². The van der Waals surface area contributed by atoms with E-state index in [1.54, 1.807) is 13.1 Å². The lowest BCUT2D eigenvalue weighted by molar-refractivity contribution is -0.121. The van der Waals surface area contributed by atoms with Crippen LogP contribution in [0.2, 0.25) is 0 Å². The van der Waals surface area contributed by atoms with Gasteiger partial charge in [-0.1, -0.05) is 0 Å². The molecule has 0 aliphatic carbocycles. The molecule has 19 heavy (non-hydrogen) atoms. The van der Waals surface area contributed by atoms with Gasteiger partial charge in [0.2, 0.25) is 5.91 Å². The Morgan fingerprint density at radius 3 is 2.74 bits per heavy atom. The Kier molecular flexibility index (Phi) is 6.47. The Labute approximate surface area is 125 Å². The van der Waals surface area contributed by atoms with Crippen molar-refractivity contribution < 1.29 is 9.59 Å². The number of carbonyl (C=O) groups excluding carboxylic acids is 2. The molecule has 0 aromatic carbocycles. The smallest absolute Gasteiger partial charge is 0.264 e. The van der Waals surface area contributed by atoms with Crippen LogP contribution in [0.15, 0.2) is 15.9 Å². The Balaban J connectivity index is 2.39. The number of rotatable bonds is 6. The molecular weight excluding hydrogens is 330 g/mol. The summed E-state index contributed by atoms with van der Waals surface area (Å²) in [4.78, 5) is 25.6. The Hall–Kier alpha value is -0.920. The second-order valence-corrected chi connectivity index (χ2v) is 6.84. The van der Waals surface area contributed by atoms with Crippen LogP contribution in [0.5, 0.6) is 0 Å². The van der Waals surface area contributed by atoms with Crippen LogP contribution in [0.1, 0.15) is 23.0 Å². The number of halogens is 1. The molecule has 7 heteroatoms. The molecule has 5 nitrogen and oxygen atoms in total. The van der Waals surface area contributed by atoms with Gasteiger partial charge in [-0.2, -0.15) is 0 Å². The van der Waals surface area contributed by atoms with Crippen molar-refractivity contribution in [3.8, 4) is 0 Å². The first kappa shape index (κ1) is 16.1. The van der Waals surface area contributed by atoms with Gasteiger partial charge in [-0.05, 0) is 41.4 Å². The highest BCUT2D eigenvalue weighted by Crippen LogP contribution is 2.22. The molecule has 1 aromatic rings. The number of hydrogen-bond acceptors (Lipinski definition) is 4. The lowest BCUT2D eigenvalue weighted by Gasteiger charge is -2.16. The summed E-state index contributed by atoms with van der Waals surface area (Å²) in [7, 11) is 1.61. The van der Waals surface area contributed by atoms with E-state index < -0.39 is 0 Å². The first-order valence-corrected chi connectivity index (χ1v) is 7.54. The van der Waals surface area contributed by atoms with Crippen LogP contribution in [0.4, 0.5) is 0 Å². The van der Waals surface area contributed by atoms with Crippen molar-refractivity contribution in [1.82, 2.24) is 10.2 Å². The molecule has 1 aromatic heterocycles. The van der Waals surface area contributed by atoms with E-state index in [1.807, 2.05) is 13.0 Å². The van der Waals surface area contributed by atoms with Gasteiger partial charge in [0.05, 0.1) is 15.2 Å². The van der Waals surface area contributed by atoms with Gasteiger partial charge in [0.25, 0.3) is 5.91 Å². The van der Waals surface area contributed by atoms with Crippen molar-refractivity contribution in [2.45, 2.75) is 19.4 Å². The van der Waals surface area contributed by atoms with Crippen molar-refractivity contribution in [3.63, 3.8) is 0 Å². The van der Waals surface area contributed by atoms with E-state index in [0.29, 0.717) is 11.4 Å². The Morgan fingerprint density at radius 1 is 1.53 bits per heavy atom. The number of hydrogen-bond donors (Lipinski definition) is 2. The van der Waals surface area contributed by atoms with Crippen LogP contribution in [-0.4, -0.2) is 42.9 Å². The zero-order valence-corrected chi connectivity index (χ0v) is 13.4. The van der Waals surface area contributed by atoms with Gasteiger partial charge in [0.15, 0.2) is 0 Å². The van der Waals surface area contributed by atoms with Crippen LogP contribution < -0.4 is 11.1 Å². The molecule has 2 amide bonds. The lowest BCUT2D eigenvalue weighted by atomic mass is 10.2. The van der Waals surface area contributed by atoms with Crippen molar-refractivity contribution in [3.05, 3.63) is 20.8 Å². The molecule has 0 saturated heterocycles. The highest BCUT2D eigenvalue weighted by Gasteiger charge is 2.16. The van der Waals surface area contributed by atoms with Gasteiger partial charge >= 0.3 is 0 Å². The quantitative estimate of drug-likeness (QED) is 0.817. The molecule has 1 unspecified atom stereocenters.